The van der Waals surface area contributed by atoms with Crippen molar-refractivity contribution < 1.29 is 9.59 Å². The molecule has 0 aliphatic heterocycles. The van der Waals surface area contributed by atoms with E-state index < -0.39 is 0 Å². The predicted octanol–water partition coefficient (Wildman–Crippen LogP) is 2.92. The van der Waals surface area contributed by atoms with Gasteiger partial charge < -0.3 is 0 Å². The summed E-state index contributed by atoms with van der Waals surface area (Å²) >= 11 is 0. The monoisotopic (exact) mass is 216 g/mol. The second kappa shape index (κ2) is 4.67. The molecule has 0 fully saturated rings. The van der Waals surface area contributed by atoms with Gasteiger partial charge in [-0.2, -0.15) is 9.98 Å². The van der Waals surface area contributed by atoms with Gasteiger partial charge in [-0.3, -0.25) is 0 Å². The Morgan fingerprint density at radius 3 is 1.69 bits per heavy atom. The van der Waals surface area contributed by atoms with Crippen molar-refractivity contribution in [3.63, 3.8) is 0 Å². The van der Waals surface area contributed by atoms with Gasteiger partial charge in [0, 0.05) is 0 Å². The summed E-state index contributed by atoms with van der Waals surface area (Å²) in [6.07, 6.45) is 2.93. The van der Waals surface area contributed by atoms with Crippen LogP contribution in [0.3, 0.4) is 0 Å². The van der Waals surface area contributed by atoms with Crippen molar-refractivity contribution in [3.05, 3.63) is 23.8 Å². The number of aliphatic imine (C=N–C) groups is 2. The summed E-state index contributed by atoms with van der Waals surface area (Å²) in [5, 5.41) is 0. The number of hydrogen-bond acceptors (Lipinski definition) is 4. The molecule has 0 aliphatic rings. The number of isocyanates is 2. The van der Waals surface area contributed by atoms with E-state index in [4.69, 9.17) is 0 Å². The second-order valence-electron chi connectivity index (χ2n) is 4.39. The van der Waals surface area contributed by atoms with Gasteiger partial charge in [-0.05, 0) is 29.2 Å². The van der Waals surface area contributed by atoms with Crippen LogP contribution in [0.1, 0.15) is 26.3 Å². The van der Waals surface area contributed by atoms with Crippen LogP contribution in [0.5, 0.6) is 0 Å². The largest absolute Gasteiger partial charge is 0.240 e. The lowest BCUT2D eigenvalue weighted by molar-refractivity contribution is 0.565. The van der Waals surface area contributed by atoms with E-state index in [2.05, 4.69) is 9.98 Å². The van der Waals surface area contributed by atoms with E-state index in [1.165, 1.54) is 18.2 Å². The molecule has 16 heavy (non-hydrogen) atoms. The Kier molecular flexibility index (Phi) is 3.51. The third-order valence-corrected chi connectivity index (χ3v) is 2.12. The van der Waals surface area contributed by atoms with Crippen molar-refractivity contribution in [1.82, 2.24) is 0 Å². The van der Waals surface area contributed by atoms with Crippen LogP contribution in [0.25, 0.3) is 0 Å². The van der Waals surface area contributed by atoms with Crippen LogP contribution in [0.15, 0.2) is 28.2 Å². The number of hydrogen-bond donors (Lipinski definition) is 0. The highest BCUT2D eigenvalue weighted by Crippen LogP contribution is 2.30. The van der Waals surface area contributed by atoms with Crippen molar-refractivity contribution in [1.29, 1.82) is 0 Å². The first-order valence-electron chi connectivity index (χ1n) is 4.78. The highest BCUT2D eigenvalue weighted by Gasteiger charge is 2.15. The molecule has 0 heterocycles. The van der Waals surface area contributed by atoms with Gasteiger partial charge in [0.2, 0.25) is 12.2 Å². The lowest BCUT2D eigenvalue weighted by atomic mass is 9.86. The Balaban J connectivity index is 3.40. The van der Waals surface area contributed by atoms with Gasteiger partial charge in [0.15, 0.2) is 0 Å². The molecule has 4 nitrogen and oxygen atoms in total. The minimum atomic E-state index is -0.110. The van der Waals surface area contributed by atoms with E-state index in [1.807, 2.05) is 20.8 Å². The SMILES string of the molecule is CC(C)(C)c1cc(N=C=O)cc(N=C=O)c1. The first-order valence-corrected chi connectivity index (χ1v) is 4.78. The molecule has 0 atom stereocenters. The van der Waals surface area contributed by atoms with Crippen LogP contribution in [-0.4, -0.2) is 12.2 Å². The fraction of sp³-hybridized carbons (Fsp3) is 0.333. The van der Waals surface area contributed by atoms with Gasteiger partial charge in [-0.25, -0.2) is 9.59 Å². The summed E-state index contributed by atoms with van der Waals surface area (Å²) in [7, 11) is 0. The summed E-state index contributed by atoms with van der Waals surface area (Å²) in [6.45, 7) is 6.06. The highest BCUT2D eigenvalue weighted by molar-refractivity contribution is 5.61. The van der Waals surface area contributed by atoms with Crippen molar-refractivity contribution in [3.8, 4) is 0 Å². The number of nitrogens with zero attached hydrogens (tertiary/aromatic N) is 2. The number of carbonyl (C=O) groups excluding carboxylic acids is 2. The predicted molar refractivity (Wildman–Crippen MR) is 60.7 cm³/mol. The molecule has 0 aromatic heterocycles. The third-order valence-electron chi connectivity index (χ3n) is 2.12. The van der Waals surface area contributed by atoms with Gasteiger partial charge in [0.05, 0.1) is 11.4 Å². The third kappa shape index (κ3) is 2.99. The smallest absolute Gasteiger partial charge is 0.211 e. The van der Waals surface area contributed by atoms with E-state index >= 15 is 0 Å². The molecule has 0 amide bonds. The molecule has 1 rings (SSSR count). The van der Waals surface area contributed by atoms with E-state index in [1.54, 1.807) is 12.1 Å². The van der Waals surface area contributed by atoms with E-state index in [0.717, 1.165) is 5.56 Å². The molecule has 0 spiro atoms. The average Bonchev–Trinajstić information content (AvgIpc) is 2.17. The topological polar surface area (TPSA) is 58.9 Å². The molecule has 1 aromatic carbocycles. The van der Waals surface area contributed by atoms with Crippen molar-refractivity contribution in [2.45, 2.75) is 26.2 Å². The van der Waals surface area contributed by atoms with Crippen molar-refractivity contribution >= 4 is 23.5 Å². The van der Waals surface area contributed by atoms with Gasteiger partial charge in [-0.1, -0.05) is 20.8 Å². The van der Waals surface area contributed by atoms with Gasteiger partial charge in [0.25, 0.3) is 0 Å². The Morgan fingerprint density at radius 1 is 0.938 bits per heavy atom. The average molecular weight is 216 g/mol. The summed E-state index contributed by atoms with van der Waals surface area (Å²) in [5.74, 6) is 0. The lowest BCUT2D eigenvalue weighted by Crippen LogP contribution is -2.10. The van der Waals surface area contributed by atoms with Crippen LogP contribution < -0.4 is 0 Å². The summed E-state index contributed by atoms with van der Waals surface area (Å²) < 4.78 is 0. The standard InChI is InChI=1S/C12H12N2O2/c1-12(2,3)9-4-10(13-7-15)6-11(5-9)14-8-16/h4-6H,1-3H3. The zero-order valence-corrected chi connectivity index (χ0v) is 9.44. The van der Waals surface area contributed by atoms with Crippen LogP contribution in [0.2, 0.25) is 0 Å². The molecular formula is C12H12N2O2. The molecule has 0 radical (unpaired) electrons. The zero-order chi connectivity index (χ0) is 12.2. The number of rotatable bonds is 2. The van der Waals surface area contributed by atoms with E-state index in [0.29, 0.717) is 11.4 Å². The Labute approximate surface area is 93.7 Å². The van der Waals surface area contributed by atoms with Gasteiger partial charge >= 0.3 is 0 Å². The summed E-state index contributed by atoms with van der Waals surface area (Å²) in [5.41, 5.74) is 1.72. The molecule has 0 unspecified atom stereocenters. The maximum atomic E-state index is 10.2. The van der Waals surface area contributed by atoms with Crippen LogP contribution in [0.4, 0.5) is 11.4 Å². The van der Waals surface area contributed by atoms with Gasteiger partial charge in [0.1, 0.15) is 0 Å². The zero-order valence-electron chi connectivity index (χ0n) is 9.44. The maximum Gasteiger partial charge on any atom is 0.240 e. The second-order valence-corrected chi connectivity index (χ2v) is 4.39. The minimum absolute atomic E-state index is 0.110. The van der Waals surface area contributed by atoms with Crippen molar-refractivity contribution in [2.75, 3.05) is 0 Å². The Morgan fingerprint density at radius 2 is 1.38 bits per heavy atom. The Bertz CT molecular complexity index is 452. The van der Waals surface area contributed by atoms with E-state index in [-0.39, 0.29) is 5.41 Å². The molecule has 0 bridgehead atoms. The molecule has 4 heteroatoms. The Hall–Kier alpha value is -2.02. The highest BCUT2D eigenvalue weighted by atomic mass is 16.1. The molecular weight excluding hydrogens is 204 g/mol. The fourth-order valence-electron chi connectivity index (χ4n) is 1.26. The quantitative estimate of drug-likeness (QED) is 0.563. The maximum absolute atomic E-state index is 10.2. The van der Waals surface area contributed by atoms with Crippen LogP contribution in [0, 0.1) is 0 Å². The molecule has 0 aliphatic carbocycles. The van der Waals surface area contributed by atoms with Crippen LogP contribution >= 0.6 is 0 Å². The molecule has 0 N–H and O–H groups in total. The summed E-state index contributed by atoms with van der Waals surface area (Å²) in [4.78, 5) is 27.5. The number of benzene rings is 1. The summed E-state index contributed by atoms with van der Waals surface area (Å²) in [6, 6.07) is 5.08. The van der Waals surface area contributed by atoms with Crippen molar-refractivity contribution in [2.24, 2.45) is 9.98 Å². The lowest BCUT2D eigenvalue weighted by Gasteiger charge is -2.19. The normalized spacial score (nSPS) is 10.2. The first kappa shape index (κ1) is 12.1. The first-order chi connectivity index (χ1) is 7.47. The molecule has 0 saturated heterocycles. The fourth-order valence-corrected chi connectivity index (χ4v) is 1.26. The minimum Gasteiger partial charge on any atom is -0.211 e. The molecule has 1 aromatic rings. The molecule has 82 valence electrons. The molecule has 0 saturated carbocycles. The van der Waals surface area contributed by atoms with E-state index in [9.17, 15) is 9.59 Å². The van der Waals surface area contributed by atoms with Gasteiger partial charge in [-0.15, -0.1) is 0 Å². The van der Waals surface area contributed by atoms with Crippen LogP contribution in [-0.2, 0) is 15.0 Å².